The van der Waals surface area contributed by atoms with E-state index in [2.05, 4.69) is 52.4 Å². The van der Waals surface area contributed by atoms with Gasteiger partial charge < -0.3 is 21.4 Å². The second kappa shape index (κ2) is 9.96. The molecule has 166 valence electrons. The van der Waals surface area contributed by atoms with Crippen LogP contribution in [0.5, 0.6) is 0 Å². The van der Waals surface area contributed by atoms with Gasteiger partial charge in [-0.2, -0.15) is 0 Å². The Hall–Kier alpha value is -3.19. The average molecular weight is 430 g/mol. The molecule has 1 heterocycles. The molecule has 0 radical (unpaired) electrons. The second-order valence-electron chi connectivity index (χ2n) is 8.32. The van der Waals surface area contributed by atoms with Gasteiger partial charge in [0.2, 0.25) is 0 Å². The van der Waals surface area contributed by atoms with Crippen molar-refractivity contribution in [2.24, 2.45) is 5.73 Å². The Morgan fingerprint density at radius 1 is 1.09 bits per heavy atom. The van der Waals surface area contributed by atoms with E-state index in [1.54, 1.807) is 0 Å². The van der Waals surface area contributed by atoms with E-state index >= 15 is 0 Å². The van der Waals surface area contributed by atoms with E-state index in [-0.39, 0.29) is 5.91 Å². The summed E-state index contributed by atoms with van der Waals surface area (Å²) < 4.78 is 0. The minimum Gasteiger partial charge on any atom is -0.348 e. The van der Waals surface area contributed by atoms with Crippen molar-refractivity contribution in [2.45, 2.75) is 26.6 Å². The summed E-state index contributed by atoms with van der Waals surface area (Å²) in [5.41, 5.74) is 20.5. The van der Waals surface area contributed by atoms with Gasteiger partial charge in [-0.15, -0.1) is 0 Å². The molecule has 0 aliphatic carbocycles. The Labute approximate surface area is 189 Å². The zero-order valence-corrected chi connectivity index (χ0v) is 18.7. The zero-order chi connectivity index (χ0) is 22.5. The van der Waals surface area contributed by atoms with Crippen LogP contribution >= 0.6 is 0 Å². The molecule has 6 heteroatoms. The van der Waals surface area contributed by atoms with E-state index in [1.807, 2.05) is 43.3 Å². The topological polar surface area (TPSA) is 82.4 Å². The van der Waals surface area contributed by atoms with Gasteiger partial charge in [-0.05, 0) is 47.9 Å². The van der Waals surface area contributed by atoms with Gasteiger partial charge in [0, 0.05) is 43.9 Å². The van der Waals surface area contributed by atoms with Crippen molar-refractivity contribution < 1.29 is 4.79 Å². The number of carbonyl (C=O) groups excluding carboxylic acids is 1. The SMILES string of the molecule is Cc1c(C(=O)NCc2ccccc2)cc(-c2ccc(CN(C)CCN)cc2)c2c1NNC2. The van der Waals surface area contributed by atoms with Crippen LogP contribution in [0.15, 0.2) is 60.7 Å². The van der Waals surface area contributed by atoms with Crippen LogP contribution in [0.4, 0.5) is 5.69 Å². The number of hydrogen-bond donors (Lipinski definition) is 4. The Bertz CT molecular complexity index is 1080. The number of nitrogens with two attached hydrogens (primary N) is 1. The number of likely N-dealkylation sites (N-methyl/N-ethyl adjacent to an activating group) is 1. The molecule has 0 saturated heterocycles. The molecule has 0 bridgehead atoms. The molecular formula is C26H31N5O. The van der Waals surface area contributed by atoms with E-state index in [9.17, 15) is 4.79 Å². The molecule has 0 aromatic heterocycles. The highest BCUT2D eigenvalue weighted by Gasteiger charge is 2.23. The lowest BCUT2D eigenvalue weighted by Crippen LogP contribution is -2.24. The predicted molar refractivity (Wildman–Crippen MR) is 130 cm³/mol. The Balaban J connectivity index is 1.60. The van der Waals surface area contributed by atoms with Gasteiger partial charge in [0.25, 0.3) is 5.91 Å². The molecule has 0 saturated carbocycles. The van der Waals surface area contributed by atoms with Crippen LogP contribution in [-0.2, 0) is 19.6 Å². The number of hydrogen-bond acceptors (Lipinski definition) is 5. The van der Waals surface area contributed by atoms with Crippen molar-refractivity contribution in [2.75, 3.05) is 25.6 Å². The van der Waals surface area contributed by atoms with Crippen molar-refractivity contribution in [1.82, 2.24) is 15.6 Å². The molecule has 0 spiro atoms. The van der Waals surface area contributed by atoms with E-state index in [0.29, 0.717) is 18.7 Å². The molecule has 1 amide bonds. The van der Waals surface area contributed by atoms with Crippen molar-refractivity contribution in [3.8, 4) is 11.1 Å². The summed E-state index contributed by atoms with van der Waals surface area (Å²) in [6.07, 6.45) is 0. The molecule has 0 fully saturated rings. The number of nitrogens with zero attached hydrogens (tertiary/aromatic N) is 1. The molecular weight excluding hydrogens is 398 g/mol. The molecule has 32 heavy (non-hydrogen) atoms. The smallest absolute Gasteiger partial charge is 0.251 e. The number of amides is 1. The fourth-order valence-electron chi connectivity index (χ4n) is 4.18. The summed E-state index contributed by atoms with van der Waals surface area (Å²) in [6, 6.07) is 20.6. The van der Waals surface area contributed by atoms with Gasteiger partial charge in [0.1, 0.15) is 0 Å². The minimum absolute atomic E-state index is 0.0656. The van der Waals surface area contributed by atoms with Gasteiger partial charge in [-0.1, -0.05) is 54.6 Å². The zero-order valence-electron chi connectivity index (χ0n) is 18.7. The number of fused-ring (bicyclic) bond motifs is 1. The number of hydrazine groups is 1. The molecule has 6 nitrogen and oxygen atoms in total. The third-order valence-electron chi connectivity index (χ3n) is 5.94. The summed E-state index contributed by atoms with van der Waals surface area (Å²) >= 11 is 0. The number of carbonyl (C=O) groups is 1. The van der Waals surface area contributed by atoms with Gasteiger partial charge in [0.05, 0.1) is 5.69 Å². The average Bonchev–Trinajstić information content (AvgIpc) is 3.30. The van der Waals surface area contributed by atoms with Crippen LogP contribution < -0.4 is 21.9 Å². The summed E-state index contributed by atoms with van der Waals surface area (Å²) in [5, 5.41) is 3.07. The maximum absolute atomic E-state index is 13.1. The number of benzene rings is 3. The summed E-state index contributed by atoms with van der Waals surface area (Å²) in [5.74, 6) is -0.0656. The fourth-order valence-corrected chi connectivity index (χ4v) is 4.18. The molecule has 4 rings (SSSR count). The number of anilines is 1. The fraction of sp³-hybridized carbons (Fsp3) is 0.269. The lowest BCUT2D eigenvalue weighted by Gasteiger charge is -2.17. The third-order valence-corrected chi connectivity index (χ3v) is 5.94. The van der Waals surface area contributed by atoms with Crippen LogP contribution in [0.1, 0.15) is 32.6 Å². The van der Waals surface area contributed by atoms with E-state index in [1.165, 1.54) is 11.1 Å². The van der Waals surface area contributed by atoms with Crippen molar-refractivity contribution in [3.05, 3.63) is 88.5 Å². The molecule has 5 N–H and O–H groups in total. The summed E-state index contributed by atoms with van der Waals surface area (Å²) in [6.45, 7) is 5.60. The Morgan fingerprint density at radius 3 is 2.56 bits per heavy atom. The highest BCUT2D eigenvalue weighted by molar-refractivity contribution is 5.99. The summed E-state index contributed by atoms with van der Waals surface area (Å²) in [7, 11) is 2.07. The first-order valence-electron chi connectivity index (χ1n) is 11.0. The first-order chi connectivity index (χ1) is 15.6. The van der Waals surface area contributed by atoms with Crippen LogP contribution in [0, 0.1) is 6.92 Å². The standard InChI is InChI=1S/C26H31N5O/c1-18-22(26(32)28-15-19-6-4-3-5-7-19)14-23(24-16-29-30-25(18)24)21-10-8-20(9-11-21)17-31(2)13-12-27/h3-11,14,29-30H,12-13,15-17,27H2,1-2H3,(H,28,32). The molecule has 0 atom stereocenters. The van der Waals surface area contributed by atoms with Crippen LogP contribution in [0.2, 0.25) is 0 Å². The number of rotatable bonds is 8. The molecule has 3 aromatic carbocycles. The maximum Gasteiger partial charge on any atom is 0.251 e. The van der Waals surface area contributed by atoms with Gasteiger partial charge in [-0.25, -0.2) is 5.43 Å². The predicted octanol–water partition coefficient (Wildman–Crippen LogP) is 3.41. The lowest BCUT2D eigenvalue weighted by atomic mass is 9.92. The highest BCUT2D eigenvalue weighted by Crippen LogP contribution is 2.36. The van der Waals surface area contributed by atoms with Crippen LogP contribution in [0.3, 0.4) is 0 Å². The van der Waals surface area contributed by atoms with E-state index in [0.717, 1.165) is 47.6 Å². The Kier molecular flexibility index (Phi) is 6.85. The van der Waals surface area contributed by atoms with Gasteiger partial charge in [0.15, 0.2) is 0 Å². The molecule has 3 aromatic rings. The monoisotopic (exact) mass is 429 g/mol. The van der Waals surface area contributed by atoms with E-state index in [4.69, 9.17) is 5.73 Å². The minimum atomic E-state index is -0.0656. The first kappa shape index (κ1) is 22.0. The normalized spacial score (nSPS) is 12.5. The third kappa shape index (κ3) is 4.83. The van der Waals surface area contributed by atoms with Crippen molar-refractivity contribution in [1.29, 1.82) is 0 Å². The molecule has 0 unspecified atom stereocenters. The maximum atomic E-state index is 13.1. The van der Waals surface area contributed by atoms with Crippen LogP contribution in [-0.4, -0.2) is 30.9 Å². The molecule has 1 aliphatic heterocycles. The van der Waals surface area contributed by atoms with Gasteiger partial charge in [-0.3, -0.25) is 4.79 Å². The summed E-state index contributed by atoms with van der Waals surface area (Å²) in [4.78, 5) is 15.3. The van der Waals surface area contributed by atoms with Crippen molar-refractivity contribution in [3.63, 3.8) is 0 Å². The highest BCUT2D eigenvalue weighted by atomic mass is 16.1. The Morgan fingerprint density at radius 2 is 1.84 bits per heavy atom. The van der Waals surface area contributed by atoms with Gasteiger partial charge >= 0.3 is 0 Å². The second-order valence-corrected chi connectivity index (χ2v) is 8.32. The quantitative estimate of drug-likeness (QED) is 0.441. The largest absolute Gasteiger partial charge is 0.348 e. The van der Waals surface area contributed by atoms with E-state index < -0.39 is 0 Å². The van der Waals surface area contributed by atoms with Crippen LogP contribution in [0.25, 0.3) is 11.1 Å². The molecule has 1 aliphatic rings. The number of nitrogens with one attached hydrogen (secondary N) is 3. The van der Waals surface area contributed by atoms with Crippen molar-refractivity contribution >= 4 is 11.6 Å². The lowest BCUT2D eigenvalue weighted by molar-refractivity contribution is 0.0950. The first-order valence-corrected chi connectivity index (χ1v) is 11.0.